The second-order valence-corrected chi connectivity index (χ2v) is 5.28. The van der Waals surface area contributed by atoms with Gasteiger partial charge in [-0.25, -0.2) is 4.68 Å². The highest BCUT2D eigenvalue weighted by Crippen LogP contribution is 2.28. The summed E-state index contributed by atoms with van der Waals surface area (Å²) in [5.74, 6) is 0.148. The normalized spacial score (nSPS) is 10.2. The van der Waals surface area contributed by atoms with Crippen LogP contribution >= 0.6 is 0 Å². The van der Waals surface area contributed by atoms with Gasteiger partial charge in [0.1, 0.15) is 18.2 Å². The summed E-state index contributed by atoms with van der Waals surface area (Å²) >= 11 is 0. The summed E-state index contributed by atoms with van der Waals surface area (Å²) in [4.78, 5) is 10.6. The quantitative estimate of drug-likeness (QED) is 0.525. The van der Waals surface area contributed by atoms with E-state index in [1.54, 1.807) is 23.7 Å². The molecule has 0 bridgehead atoms. The fourth-order valence-corrected chi connectivity index (χ4v) is 2.51. The average Bonchev–Trinajstić information content (AvgIpc) is 2.96. The minimum absolute atomic E-state index is 0.0104. The van der Waals surface area contributed by atoms with Crippen LogP contribution in [-0.2, 0) is 6.61 Å². The second kappa shape index (κ2) is 6.84. The molecule has 1 aromatic heterocycles. The van der Waals surface area contributed by atoms with Gasteiger partial charge in [-0.15, -0.1) is 0 Å². The molecule has 0 spiro atoms. The number of aryl methyl sites for hydroxylation is 1. The summed E-state index contributed by atoms with van der Waals surface area (Å²) < 4.78 is 7.28. The van der Waals surface area contributed by atoms with E-state index in [1.807, 2.05) is 30.3 Å². The maximum absolute atomic E-state index is 11.1. The van der Waals surface area contributed by atoms with E-state index in [0.29, 0.717) is 17.0 Å². The SMILES string of the molecule is Cc1nn(-c2ccccc2)c(COc2ccccc2[N+](=O)[O-])c1C#N. The number of aromatic nitrogens is 2. The first-order chi connectivity index (χ1) is 12.1. The molecule has 0 radical (unpaired) electrons. The van der Waals surface area contributed by atoms with E-state index >= 15 is 0 Å². The van der Waals surface area contributed by atoms with Gasteiger partial charge in [0.25, 0.3) is 0 Å². The molecule has 0 unspecified atom stereocenters. The van der Waals surface area contributed by atoms with E-state index in [1.165, 1.54) is 12.1 Å². The Hall–Kier alpha value is -3.66. The molecule has 3 rings (SSSR count). The van der Waals surface area contributed by atoms with Crippen LogP contribution in [0.5, 0.6) is 5.75 Å². The molecule has 0 amide bonds. The molecule has 0 N–H and O–H groups in total. The van der Waals surface area contributed by atoms with Crippen LogP contribution in [0.3, 0.4) is 0 Å². The highest BCUT2D eigenvalue weighted by Gasteiger charge is 2.19. The molecular weight excluding hydrogens is 320 g/mol. The van der Waals surface area contributed by atoms with Crippen molar-refractivity contribution in [3.8, 4) is 17.5 Å². The number of nitro benzene ring substituents is 1. The number of hydrogen-bond acceptors (Lipinski definition) is 5. The first-order valence-electron chi connectivity index (χ1n) is 7.52. The number of benzene rings is 2. The predicted molar refractivity (Wildman–Crippen MR) is 90.4 cm³/mol. The molecule has 0 aliphatic heterocycles. The van der Waals surface area contributed by atoms with Gasteiger partial charge in [0.15, 0.2) is 5.75 Å². The van der Waals surface area contributed by atoms with E-state index in [4.69, 9.17) is 4.74 Å². The van der Waals surface area contributed by atoms with Gasteiger partial charge in [0.2, 0.25) is 0 Å². The minimum atomic E-state index is -0.500. The van der Waals surface area contributed by atoms with Crippen molar-refractivity contribution in [3.05, 3.63) is 81.7 Å². The number of ether oxygens (including phenoxy) is 1. The molecule has 3 aromatic rings. The molecule has 0 saturated carbocycles. The van der Waals surface area contributed by atoms with Gasteiger partial charge < -0.3 is 4.74 Å². The maximum Gasteiger partial charge on any atom is 0.310 e. The van der Waals surface area contributed by atoms with Crippen molar-refractivity contribution in [2.45, 2.75) is 13.5 Å². The summed E-state index contributed by atoms with van der Waals surface area (Å²) in [5.41, 5.74) is 2.19. The third-order valence-electron chi connectivity index (χ3n) is 3.69. The predicted octanol–water partition coefficient (Wildman–Crippen LogP) is 3.54. The van der Waals surface area contributed by atoms with Crippen molar-refractivity contribution in [2.24, 2.45) is 0 Å². The van der Waals surface area contributed by atoms with Crippen molar-refractivity contribution in [1.82, 2.24) is 9.78 Å². The lowest BCUT2D eigenvalue weighted by molar-refractivity contribution is -0.385. The Morgan fingerprint density at radius 1 is 1.20 bits per heavy atom. The molecule has 0 saturated heterocycles. The maximum atomic E-state index is 11.1. The molecule has 0 aliphatic carbocycles. The lowest BCUT2D eigenvalue weighted by atomic mass is 10.2. The number of hydrogen-bond donors (Lipinski definition) is 0. The lowest BCUT2D eigenvalue weighted by Gasteiger charge is -2.10. The smallest absolute Gasteiger partial charge is 0.310 e. The number of nitrogens with zero attached hydrogens (tertiary/aromatic N) is 4. The number of para-hydroxylation sites is 3. The van der Waals surface area contributed by atoms with Crippen molar-refractivity contribution in [3.63, 3.8) is 0 Å². The Morgan fingerprint density at radius 3 is 2.56 bits per heavy atom. The fraction of sp³-hybridized carbons (Fsp3) is 0.111. The summed E-state index contributed by atoms with van der Waals surface area (Å²) in [5, 5.41) is 24.9. The van der Waals surface area contributed by atoms with E-state index < -0.39 is 4.92 Å². The molecule has 0 aliphatic rings. The molecule has 1 heterocycles. The molecular formula is C18H14N4O3. The van der Waals surface area contributed by atoms with Crippen LogP contribution in [0.15, 0.2) is 54.6 Å². The van der Waals surface area contributed by atoms with Crippen LogP contribution in [-0.4, -0.2) is 14.7 Å². The van der Waals surface area contributed by atoms with Gasteiger partial charge in [-0.3, -0.25) is 10.1 Å². The molecule has 0 atom stereocenters. The minimum Gasteiger partial charge on any atom is -0.480 e. The van der Waals surface area contributed by atoms with E-state index in [2.05, 4.69) is 11.2 Å². The van der Waals surface area contributed by atoms with E-state index in [0.717, 1.165) is 5.69 Å². The lowest BCUT2D eigenvalue weighted by Crippen LogP contribution is -2.07. The van der Waals surface area contributed by atoms with Gasteiger partial charge in [-0.05, 0) is 25.1 Å². The topological polar surface area (TPSA) is 94.0 Å². The number of rotatable bonds is 5. The van der Waals surface area contributed by atoms with Crippen LogP contribution < -0.4 is 4.74 Å². The van der Waals surface area contributed by atoms with Gasteiger partial charge in [0, 0.05) is 6.07 Å². The Labute approximate surface area is 143 Å². The average molecular weight is 334 g/mol. The Balaban J connectivity index is 1.98. The molecule has 124 valence electrons. The largest absolute Gasteiger partial charge is 0.480 e. The summed E-state index contributed by atoms with van der Waals surface area (Å²) in [6.45, 7) is 1.73. The summed E-state index contributed by atoms with van der Waals surface area (Å²) in [6, 6.07) is 17.6. The number of nitro groups is 1. The first-order valence-corrected chi connectivity index (χ1v) is 7.52. The number of nitriles is 1. The molecule has 25 heavy (non-hydrogen) atoms. The molecule has 7 heteroatoms. The van der Waals surface area contributed by atoms with Crippen LogP contribution in [0, 0.1) is 28.4 Å². The van der Waals surface area contributed by atoms with E-state index in [-0.39, 0.29) is 18.0 Å². The van der Waals surface area contributed by atoms with Crippen molar-refractivity contribution >= 4 is 5.69 Å². The van der Waals surface area contributed by atoms with E-state index in [9.17, 15) is 15.4 Å². The van der Waals surface area contributed by atoms with Crippen molar-refractivity contribution in [1.29, 1.82) is 5.26 Å². The Bertz CT molecular complexity index is 958. The highest BCUT2D eigenvalue weighted by molar-refractivity contribution is 5.47. The van der Waals surface area contributed by atoms with Crippen LogP contribution in [0.1, 0.15) is 17.0 Å². The first kappa shape index (κ1) is 16.2. The zero-order valence-corrected chi connectivity index (χ0v) is 13.4. The van der Waals surface area contributed by atoms with Crippen molar-refractivity contribution in [2.75, 3.05) is 0 Å². The third kappa shape index (κ3) is 3.19. The molecule has 2 aromatic carbocycles. The highest BCUT2D eigenvalue weighted by atomic mass is 16.6. The zero-order chi connectivity index (χ0) is 17.8. The molecule has 7 nitrogen and oxygen atoms in total. The van der Waals surface area contributed by atoms with Crippen LogP contribution in [0.2, 0.25) is 0 Å². The van der Waals surface area contributed by atoms with Gasteiger partial charge in [-0.1, -0.05) is 30.3 Å². The van der Waals surface area contributed by atoms with Crippen LogP contribution in [0.4, 0.5) is 5.69 Å². The van der Waals surface area contributed by atoms with Crippen molar-refractivity contribution < 1.29 is 9.66 Å². The fourth-order valence-electron chi connectivity index (χ4n) is 2.51. The Kier molecular flexibility index (Phi) is 4.44. The summed E-state index contributed by atoms with van der Waals surface area (Å²) in [7, 11) is 0. The van der Waals surface area contributed by atoms with Gasteiger partial charge in [0.05, 0.1) is 22.0 Å². The van der Waals surface area contributed by atoms with Gasteiger partial charge >= 0.3 is 5.69 Å². The molecule has 0 fully saturated rings. The standard InChI is InChI=1S/C18H14N4O3/c1-13-15(11-19)17(21(20-13)14-7-3-2-4-8-14)12-25-18-10-6-5-9-16(18)22(23)24/h2-10H,12H2,1H3. The third-order valence-corrected chi connectivity index (χ3v) is 3.69. The zero-order valence-electron chi connectivity index (χ0n) is 13.4. The Morgan fingerprint density at radius 2 is 1.88 bits per heavy atom. The summed E-state index contributed by atoms with van der Waals surface area (Å²) in [6.07, 6.45) is 0. The second-order valence-electron chi connectivity index (χ2n) is 5.28. The van der Waals surface area contributed by atoms with Crippen LogP contribution in [0.25, 0.3) is 5.69 Å². The van der Waals surface area contributed by atoms with Gasteiger partial charge in [-0.2, -0.15) is 10.4 Å². The monoisotopic (exact) mass is 334 g/mol.